The van der Waals surface area contributed by atoms with Gasteiger partial charge in [-0.1, -0.05) is 80.5 Å². The summed E-state index contributed by atoms with van der Waals surface area (Å²) >= 11 is 6.56. The van der Waals surface area contributed by atoms with Gasteiger partial charge in [-0.15, -0.1) is 0 Å². The quantitative estimate of drug-likeness (QED) is 0.316. The molecule has 13 heteroatoms. The van der Waals surface area contributed by atoms with Gasteiger partial charge in [0.05, 0.1) is 8.65 Å². The average Bonchev–Trinajstić information content (AvgIpc) is 2.60. The Morgan fingerprint density at radius 3 is 2.07 bits per heavy atom. The lowest BCUT2D eigenvalue weighted by Gasteiger charge is -2.41. The Balaban J connectivity index is 1.62. The number of allylic oxidation sites excluding steroid dienone is 6. The van der Waals surface area contributed by atoms with Gasteiger partial charge in [0.1, 0.15) is 0 Å². The molecule has 0 spiro atoms. The van der Waals surface area contributed by atoms with Crippen molar-refractivity contribution in [3.63, 3.8) is 0 Å². The normalized spacial score (nSPS) is 42.3. The van der Waals surface area contributed by atoms with Crippen LogP contribution >= 0.6 is 55.7 Å². The van der Waals surface area contributed by atoms with Crippen molar-refractivity contribution in [1.29, 1.82) is 0 Å². The number of alkyl halides is 2. The van der Waals surface area contributed by atoms with E-state index < -0.39 is 44.1 Å². The largest absolute Gasteiger partial charge is 0.379 e. The van der Waals surface area contributed by atoms with Gasteiger partial charge in [-0.05, 0) is 12.8 Å². The van der Waals surface area contributed by atoms with Crippen molar-refractivity contribution < 1.29 is 37.2 Å². The van der Waals surface area contributed by atoms with Gasteiger partial charge in [-0.3, -0.25) is 9.13 Å². The Bertz CT molecular complexity index is 804. The molecule has 0 amide bonds. The molecular formula is C14H17Br2O8P3. The van der Waals surface area contributed by atoms with Crippen LogP contribution in [0.2, 0.25) is 0 Å². The van der Waals surface area contributed by atoms with Gasteiger partial charge in [0.15, 0.2) is 11.7 Å². The van der Waals surface area contributed by atoms with Crippen LogP contribution in [-0.2, 0) is 22.1 Å². The van der Waals surface area contributed by atoms with E-state index in [1.807, 2.05) is 0 Å². The van der Waals surface area contributed by atoms with Crippen LogP contribution < -0.4 is 0 Å². The van der Waals surface area contributed by atoms with E-state index in [1.165, 1.54) is 6.08 Å². The maximum absolute atomic E-state index is 12.6. The van der Waals surface area contributed by atoms with E-state index in [-0.39, 0.29) is 6.42 Å². The van der Waals surface area contributed by atoms with Crippen molar-refractivity contribution in [2.75, 3.05) is 0 Å². The highest BCUT2D eigenvalue weighted by atomic mass is 79.9. The summed E-state index contributed by atoms with van der Waals surface area (Å²) in [5, 5.41) is 20.7. The van der Waals surface area contributed by atoms with E-state index in [9.17, 15) is 24.2 Å². The van der Waals surface area contributed by atoms with E-state index in [0.29, 0.717) is 6.42 Å². The fourth-order valence-corrected chi connectivity index (χ4v) is 10.4. The Labute approximate surface area is 174 Å². The van der Waals surface area contributed by atoms with Gasteiger partial charge in [0.2, 0.25) is 0 Å². The monoisotopic (exact) mass is 564 g/mol. The number of hydrogen-bond donors (Lipinski definition) is 3. The zero-order valence-electron chi connectivity index (χ0n) is 13.7. The third-order valence-electron chi connectivity index (χ3n) is 4.11. The molecule has 0 aromatic heterocycles. The number of hydrogen-bond acceptors (Lipinski definition) is 7. The predicted octanol–water partition coefficient (Wildman–Crippen LogP) is 4.59. The van der Waals surface area contributed by atoms with Crippen molar-refractivity contribution in [2.24, 2.45) is 0 Å². The van der Waals surface area contributed by atoms with Crippen LogP contribution in [0.3, 0.4) is 0 Å². The minimum absolute atomic E-state index is 0.265. The zero-order valence-corrected chi connectivity index (χ0v) is 19.5. The third kappa shape index (κ3) is 4.52. The molecule has 3 aliphatic rings. The molecule has 0 aromatic rings. The molecule has 1 aliphatic heterocycles. The van der Waals surface area contributed by atoms with Crippen LogP contribution in [0.1, 0.15) is 12.8 Å². The van der Waals surface area contributed by atoms with Crippen molar-refractivity contribution in [3.05, 3.63) is 48.6 Å². The predicted molar refractivity (Wildman–Crippen MR) is 109 cm³/mol. The van der Waals surface area contributed by atoms with E-state index in [2.05, 4.69) is 31.9 Å². The van der Waals surface area contributed by atoms with Gasteiger partial charge in [0, 0.05) is 0 Å². The molecule has 3 N–H and O–H groups in total. The van der Waals surface area contributed by atoms with Gasteiger partial charge in [0.25, 0.3) is 0 Å². The first kappa shape index (κ1) is 22.3. The lowest BCUT2D eigenvalue weighted by molar-refractivity contribution is 0.150. The zero-order chi connectivity index (χ0) is 19.9. The summed E-state index contributed by atoms with van der Waals surface area (Å²) in [6.07, 6.45) is 14.0. The first-order chi connectivity index (χ1) is 12.5. The molecule has 0 saturated carbocycles. The molecule has 8 nitrogen and oxygen atoms in total. The fraction of sp³-hybridized carbons (Fsp3) is 0.429. The first-order valence-corrected chi connectivity index (χ1v) is 13.7. The molecule has 0 radical (unpaired) electrons. The number of halogens is 2. The van der Waals surface area contributed by atoms with Gasteiger partial charge in [-0.25, -0.2) is 12.9 Å². The van der Waals surface area contributed by atoms with Gasteiger partial charge < -0.3 is 15.1 Å². The van der Waals surface area contributed by atoms with Crippen LogP contribution in [0.4, 0.5) is 0 Å². The van der Waals surface area contributed by atoms with Crippen LogP contribution in [0, 0.1) is 0 Å². The summed E-state index contributed by atoms with van der Waals surface area (Å²) in [7, 11) is -11.0. The topological polar surface area (TPSA) is 123 Å². The van der Waals surface area contributed by atoms with Crippen molar-refractivity contribution >= 4 is 55.7 Å². The van der Waals surface area contributed by atoms with Gasteiger partial charge >= 0.3 is 23.8 Å². The number of aliphatic hydroxyl groups excluding tert-OH is 2. The molecule has 27 heavy (non-hydrogen) atoms. The SMILES string of the molecule is O=P(O)(OP1OP(=O)(C(O)C2(Br)C=CC=CC2)O1)C(O)C1(Br)C=CC=CC1. The summed E-state index contributed by atoms with van der Waals surface area (Å²) in [6, 6.07) is 0. The number of aliphatic hydroxyl groups is 2. The van der Waals surface area contributed by atoms with Crippen LogP contribution in [0.25, 0.3) is 0 Å². The molecule has 2 aliphatic carbocycles. The van der Waals surface area contributed by atoms with Crippen LogP contribution in [0.5, 0.6) is 0 Å². The van der Waals surface area contributed by atoms with Crippen molar-refractivity contribution in [2.45, 2.75) is 33.2 Å². The molecule has 5 atom stereocenters. The third-order valence-corrected chi connectivity index (χ3v) is 13.4. The molecule has 1 heterocycles. The van der Waals surface area contributed by atoms with E-state index in [0.717, 1.165) is 0 Å². The molecule has 5 unspecified atom stereocenters. The molecule has 0 bridgehead atoms. The Morgan fingerprint density at radius 2 is 1.59 bits per heavy atom. The summed E-state index contributed by atoms with van der Waals surface area (Å²) in [5.74, 6) is -3.34. The average molecular weight is 566 g/mol. The highest BCUT2D eigenvalue weighted by Crippen LogP contribution is 2.84. The summed E-state index contributed by atoms with van der Waals surface area (Å²) in [5.41, 5.74) is 0. The highest BCUT2D eigenvalue weighted by molar-refractivity contribution is 9.10. The highest BCUT2D eigenvalue weighted by Gasteiger charge is 2.60. The standard InChI is InChI=1S/C14H17Br2O8P3/c15-13(7-3-1-4-8-13)11(17)26(19,20)22-25-23-27(21,24-25)12(18)14(16)9-5-2-6-10-14/h1-7,9,11-12,17-18H,8,10H2,(H,19,20). The van der Waals surface area contributed by atoms with Crippen molar-refractivity contribution in [1.82, 2.24) is 0 Å². The maximum atomic E-state index is 12.6. The molecule has 1 saturated heterocycles. The molecule has 1 fully saturated rings. The van der Waals surface area contributed by atoms with Gasteiger partial charge in [-0.2, -0.15) is 0 Å². The lowest BCUT2D eigenvalue weighted by Crippen LogP contribution is -2.37. The lowest BCUT2D eigenvalue weighted by atomic mass is 10.0. The summed E-state index contributed by atoms with van der Waals surface area (Å²) < 4.78 is 37.8. The van der Waals surface area contributed by atoms with Crippen LogP contribution in [-0.4, -0.2) is 35.4 Å². The summed E-state index contributed by atoms with van der Waals surface area (Å²) in [6.45, 7) is 0. The number of rotatable bonds is 6. The van der Waals surface area contributed by atoms with Crippen molar-refractivity contribution in [3.8, 4) is 0 Å². The Hall–Kier alpha value is 0.570. The molecule has 150 valence electrons. The van der Waals surface area contributed by atoms with E-state index in [1.54, 1.807) is 42.5 Å². The fourth-order valence-electron chi connectivity index (χ4n) is 2.59. The first-order valence-electron chi connectivity index (χ1n) is 7.75. The Kier molecular flexibility index (Phi) is 6.60. The minimum Gasteiger partial charge on any atom is -0.379 e. The van der Waals surface area contributed by atoms with E-state index in [4.69, 9.17) is 12.9 Å². The second kappa shape index (κ2) is 8.01. The smallest absolute Gasteiger partial charge is 0.374 e. The summed E-state index contributed by atoms with van der Waals surface area (Å²) in [4.78, 5) is 10.1. The van der Waals surface area contributed by atoms with Crippen LogP contribution in [0.15, 0.2) is 48.6 Å². The molecule has 3 rings (SSSR count). The second-order valence-corrected chi connectivity index (χ2v) is 14.7. The minimum atomic E-state index is -4.61. The molecular weight excluding hydrogens is 549 g/mol. The maximum Gasteiger partial charge on any atom is 0.374 e. The second-order valence-electron chi connectivity index (χ2n) is 6.16. The molecule has 0 aromatic carbocycles. The Morgan fingerprint density at radius 1 is 1.07 bits per heavy atom. The van der Waals surface area contributed by atoms with E-state index >= 15 is 0 Å².